The molecule has 2 fully saturated rings. The summed E-state index contributed by atoms with van der Waals surface area (Å²) < 4.78 is 0. The minimum Gasteiger partial charge on any atom is -0.369 e. The summed E-state index contributed by atoms with van der Waals surface area (Å²) in [6.45, 7) is 15.8. The van der Waals surface area contributed by atoms with Gasteiger partial charge in [0, 0.05) is 51.0 Å². The normalized spacial score (nSPS) is 25.4. The molecule has 5 nitrogen and oxygen atoms in total. The second-order valence-corrected chi connectivity index (χ2v) is 8.54. The zero-order valence-corrected chi connectivity index (χ0v) is 16.7. The maximum atomic E-state index is 12.8. The maximum absolute atomic E-state index is 12.8. The van der Waals surface area contributed by atoms with E-state index in [0.29, 0.717) is 6.54 Å². The van der Waals surface area contributed by atoms with Gasteiger partial charge in [-0.2, -0.15) is 0 Å². The summed E-state index contributed by atoms with van der Waals surface area (Å²) in [5, 5.41) is 3.62. The molecular formula is C21H33N4O+. The van der Waals surface area contributed by atoms with Gasteiger partial charge >= 0.3 is 0 Å². The van der Waals surface area contributed by atoms with Crippen molar-refractivity contribution in [3.8, 4) is 0 Å². The highest BCUT2D eigenvalue weighted by atomic mass is 16.2. The molecule has 1 amide bonds. The lowest BCUT2D eigenvalue weighted by Gasteiger charge is -2.40. The fourth-order valence-electron chi connectivity index (χ4n) is 3.76. The summed E-state index contributed by atoms with van der Waals surface area (Å²) in [6.07, 6.45) is 0. The lowest BCUT2D eigenvalue weighted by molar-refractivity contribution is -0.141. The van der Waals surface area contributed by atoms with E-state index < -0.39 is 5.41 Å². The van der Waals surface area contributed by atoms with Crippen LogP contribution in [-0.2, 0) is 4.79 Å². The molecule has 0 unspecified atom stereocenters. The molecule has 0 radical (unpaired) electrons. The molecule has 1 aromatic rings. The number of nitrogens with one attached hydrogen (secondary N) is 1. The van der Waals surface area contributed by atoms with Crippen LogP contribution in [0.3, 0.4) is 0 Å². The molecule has 0 aliphatic carbocycles. The van der Waals surface area contributed by atoms with Gasteiger partial charge in [0.1, 0.15) is 0 Å². The molecule has 5 heteroatoms. The third kappa shape index (κ3) is 4.15. The van der Waals surface area contributed by atoms with Gasteiger partial charge in [-0.05, 0) is 45.5 Å². The van der Waals surface area contributed by atoms with Gasteiger partial charge in [-0.3, -0.25) is 4.79 Å². The molecule has 2 atom stereocenters. The molecule has 142 valence electrons. The smallest absolute Gasteiger partial charge is 0.273 e. The Balaban J connectivity index is 1.74. The average molecular weight is 358 g/mol. The molecule has 0 aromatic heterocycles. The van der Waals surface area contributed by atoms with E-state index in [9.17, 15) is 4.79 Å². The van der Waals surface area contributed by atoms with Gasteiger partial charge in [-0.1, -0.05) is 12.1 Å². The summed E-state index contributed by atoms with van der Waals surface area (Å²) in [4.78, 5) is 19.6. The molecule has 1 N–H and O–H groups in total. The largest absolute Gasteiger partial charge is 0.369 e. The predicted octanol–water partition coefficient (Wildman–Crippen LogP) is 2.16. The number of anilines is 1. The van der Waals surface area contributed by atoms with E-state index in [2.05, 4.69) is 60.3 Å². The Bertz CT molecular complexity index is 631. The monoisotopic (exact) mass is 357 g/mol. The van der Waals surface area contributed by atoms with E-state index in [1.165, 1.54) is 11.3 Å². The van der Waals surface area contributed by atoms with Crippen LogP contribution in [0.1, 0.15) is 32.4 Å². The Hall–Kier alpha value is -1.72. The zero-order chi connectivity index (χ0) is 18.9. The van der Waals surface area contributed by atoms with Gasteiger partial charge in [-0.15, -0.1) is 0 Å². The molecule has 26 heavy (non-hydrogen) atoms. The number of carbonyl (C=O) groups is 1. The third-order valence-corrected chi connectivity index (χ3v) is 5.55. The minimum absolute atomic E-state index is 0.131. The van der Waals surface area contributed by atoms with Crippen LogP contribution in [0.25, 0.3) is 0 Å². The van der Waals surface area contributed by atoms with E-state index in [4.69, 9.17) is 0 Å². The molecule has 2 aliphatic rings. The topological polar surface area (TPSA) is 38.8 Å². The highest BCUT2D eigenvalue weighted by Gasteiger charge is 2.39. The number of benzene rings is 1. The van der Waals surface area contributed by atoms with Crippen molar-refractivity contribution in [3.63, 3.8) is 0 Å². The highest BCUT2D eigenvalue weighted by molar-refractivity contribution is 5.83. The number of hydrogen-bond donors (Lipinski definition) is 1. The summed E-state index contributed by atoms with van der Waals surface area (Å²) in [6, 6.07) is 9.16. The second kappa shape index (κ2) is 7.49. The van der Waals surface area contributed by atoms with Crippen molar-refractivity contribution in [1.82, 2.24) is 15.1 Å². The lowest BCUT2D eigenvalue weighted by atomic mass is 9.92. The number of carbonyl (C=O) groups excluding carboxylic acids is 1. The summed E-state index contributed by atoms with van der Waals surface area (Å²) >= 11 is 0. The molecule has 2 heterocycles. The van der Waals surface area contributed by atoms with E-state index >= 15 is 0 Å². The van der Waals surface area contributed by atoms with Crippen LogP contribution in [0.4, 0.5) is 5.69 Å². The Morgan fingerprint density at radius 2 is 1.92 bits per heavy atom. The fourth-order valence-corrected chi connectivity index (χ4v) is 3.76. The van der Waals surface area contributed by atoms with Crippen LogP contribution >= 0.6 is 0 Å². The fraction of sp³-hybridized carbons (Fsp3) is 0.619. The van der Waals surface area contributed by atoms with Crippen LogP contribution in [0.5, 0.6) is 0 Å². The Morgan fingerprint density at radius 3 is 2.58 bits per heavy atom. The van der Waals surface area contributed by atoms with Crippen molar-refractivity contribution in [2.24, 2.45) is 5.41 Å². The first-order chi connectivity index (χ1) is 12.3. The van der Waals surface area contributed by atoms with Gasteiger partial charge in [0.2, 0.25) is 0 Å². The first-order valence-electron chi connectivity index (χ1n) is 9.69. The molecule has 2 saturated heterocycles. The van der Waals surface area contributed by atoms with Crippen molar-refractivity contribution in [2.45, 2.75) is 32.9 Å². The lowest BCUT2D eigenvalue weighted by Crippen LogP contribution is -2.56. The number of likely N-dealkylation sites (N-methyl/N-ethyl adjacent to an activating group) is 1. The SMILES string of the molecule is [CH2+]C(C)(C)C(=O)N1C[C@H](c2cccc(N3CCN(C)CC3)c2)NC[C@H]1C. The van der Waals surface area contributed by atoms with E-state index in [1.54, 1.807) is 0 Å². The first kappa shape index (κ1) is 19.1. The van der Waals surface area contributed by atoms with Crippen molar-refractivity contribution in [2.75, 3.05) is 51.2 Å². The molecule has 1 aromatic carbocycles. The molecule has 0 saturated carbocycles. The first-order valence-corrected chi connectivity index (χ1v) is 9.69. The van der Waals surface area contributed by atoms with E-state index in [-0.39, 0.29) is 18.0 Å². The standard InChI is InChI=1S/C21H33N4O/c1-16-14-22-19(15-25(16)20(26)21(2,3)4)17-7-6-8-18(13-17)24-11-9-23(5)10-12-24/h6-8,13,16,19,22H,2,9-12,14-15H2,1,3-5H3/q+1/t16-,19-/m1/s1. The van der Waals surface area contributed by atoms with Gasteiger partial charge in [-0.25, -0.2) is 0 Å². The molecule has 3 rings (SSSR count). The van der Waals surface area contributed by atoms with Crippen LogP contribution in [0, 0.1) is 12.3 Å². The quantitative estimate of drug-likeness (QED) is 0.842. The Labute approximate surface area is 158 Å². The number of nitrogens with zero attached hydrogens (tertiary/aromatic N) is 3. The Morgan fingerprint density at radius 1 is 1.23 bits per heavy atom. The zero-order valence-electron chi connectivity index (χ0n) is 16.7. The average Bonchev–Trinajstić information content (AvgIpc) is 2.61. The second-order valence-electron chi connectivity index (χ2n) is 8.54. The maximum Gasteiger partial charge on any atom is 0.273 e. The van der Waals surface area contributed by atoms with Crippen LogP contribution in [0.2, 0.25) is 0 Å². The van der Waals surface area contributed by atoms with E-state index in [0.717, 1.165) is 32.7 Å². The van der Waals surface area contributed by atoms with Crippen LogP contribution < -0.4 is 10.2 Å². The van der Waals surface area contributed by atoms with Crippen molar-refractivity contribution in [3.05, 3.63) is 36.8 Å². The molecule has 0 spiro atoms. The van der Waals surface area contributed by atoms with Crippen molar-refractivity contribution >= 4 is 11.6 Å². The number of rotatable bonds is 3. The predicted molar refractivity (Wildman–Crippen MR) is 107 cm³/mol. The van der Waals surface area contributed by atoms with Gasteiger partial charge in [0.25, 0.3) is 5.91 Å². The molecule has 0 bridgehead atoms. The molecule has 2 aliphatic heterocycles. The van der Waals surface area contributed by atoms with Gasteiger partial charge in [0.05, 0.1) is 13.0 Å². The highest BCUT2D eigenvalue weighted by Crippen LogP contribution is 2.27. The minimum atomic E-state index is -0.585. The Kier molecular flexibility index (Phi) is 5.49. The third-order valence-electron chi connectivity index (χ3n) is 5.55. The number of amides is 1. The van der Waals surface area contributed by atoms with Crippen LogP contribution in [0.15, 0.2) is 24.3 Å². The number of hydrogen-bond acceptors (Lipinski definition) is 4. The van der Waals surface area contributed by atoms with Crippen molar-refractivity contribution < 1.29 is 4.79 Å². The van der Waals surface area contributed by atoms with Crippen molar-refractivity contribution in [1.29, 1.82) is 0 Å². The number of piperazine rings is 2. The summed E-state index contributed by atoms with van der Waals surface area (Å²) in [5.41, 5.74) is 1.96. The van der Waals surface area contributed by atoms with E-state index in [1.807, 2.05) is 18.7 Å². The summed E-state index contributed by atoms with van der Waals surface area (Å²) in [7, 11) is 2.18. The summed E-state index contributed by atoms with van der Waals surface area (Å²) in [5.74, 6) is 0.131. The van der Waals surface area contributed by atoms with Gasteiger partial charge < -0.3 is 20.0 Å². The van der Waals surface area contributed by atoms with Crippen LogP contribution in [-0.4, -0.2) is 68.1 Å². The molecular weight excluding hydrogens is 324 g/mol. The van der Waals surface area contributed by atoms with Gasteiger partial charge in [0.15, 0.2) is 5.41 Å².